The van der Waals surface area contributed by atoms with E-state index in [1.165, 1.54) is 295 Å². The van der Waals surface area contributed by atoms with Gasteiger partial charge in [-0.1, -0.05) is 389 Å². The molecular formula is C78H142O5. The lowest BCUT2D eigenvalue weighted by molar-refractivity contribution is -0.161. The van der Waals surface area contributed by atoms with E-state index in [1.54, 1.807) is 0 Å². The number of allylic oxidation sites excluding steroid dienone is 12. The number of carbonyl (C=O) groups excluding carboxylic acids is 2. The van der Waals surface area contributed by atoms with E-state index < -0.39 is 6.10 Å². The summed E-state index contributed by atoms with van der Waals surface area (Å²) in [6.07, 6.45) is 102. The zero-order valence-electron chi connectivity index (χ0n) is 55.7. The van der Waals surface area contributed by atoms with Gasteiger partial charge in [0.2, 0.25) is 0 Å². The highest BCUT2D eigenvalue weighted by atomic mass is 16.6. The molecule has 1 N–H and O–H groups in total. The highest BCUT2D eigenvalue weighted by Crippen LogP contribution is 2.19. The number of ether oxygens (including phenoxy) is 2. The number of hydrogen-bond donors (Lipinski definition) is 1. The van der Waals surface area contributed by atoms with Gasteiger partial charge in [-0.2, -0.15) is 0 Å². The van der Waals surface area contributed by atoms with Crippen LogP contribution in [0.4, 0.5) is 0 Å². The van der Waals surface area contributed by atoms with Crippen LogP contribution in [0, 0.1) is 0 Å². The van der Waals surface area contributed by atoms with E-state index in [-0.39, 0.29) is 25.2 Å². The van der Waals surface area contributed by atoms with Crippen molar-refractivity contribution in [1.29, 1.82) is 0 Å². The second-order valence-electron chi connectivity index (χ2n) is 25.0. The van der Waals surface area contributed by atoms with Crippen LogP contribution in [-0.2, 0) is 19.1 Å². The first-order valence-corrected chi connectivity index (χ1v) is 37.0. The van der Waals surface area contributed by atoms with Gasteiger partial charge < -0.3 is 14.6 Å². The van der Waals surface area contributed by atoms with Gasteiger partial charge in [0.05, 0.1) is 6.61 Å². The first kappa shape index (κ1) is 80.3. The molecule has 5 nitrogen and oxygen atoms in total. The molecule has 0 saturated heterocycles. The monoisotopic (exact) mass is 1160 g/mol. The van der Waals surface area contributed by atoms with E-state index in [2.05, 4.69) is 86.8 Å². The highest BCUT2D eigenvalue weighted by molar-refractivity contribution is 5.70. The number of aliphatic hydroxyl groups excluding tert-OH is 1. The van der Waals surface area contributed by atoms with Crippen LogP contribution >= 0.6 is 0 Å². The van der Waals surface area contributed by atoms with Crippen molar-refractivity contribution in [2.75, 3.05) is 13.2 Å². The summed E-state index contributed by atoms with van der Waals surface area (Å²) in [7, 11) is 0. The maximum atomic E-state index is 12.4. The Bertz CT molecular complexity index is 1450. The molecule has 0 rings (SSSR count). The van der Waals surface area contributed by atoms with Crippen LogP contribution < -0.4 is 0 Å². The Hall–Kier alpha value is -2.66. The molecule has 0 fully saturated rings. The van der Waals surface area contributed by atoms with E-state index in [1.807, 2.05) is 0 Å². The number of aliphatic hydroxyl groups is 1. The molecule has 484 valence electrons. The molecule has 0 heterocycles. The fourth-order valence-corrected chi connectivity index (χ4v) is 11.3. The standard InChI is InChI=1S/C78H142O5/c1-3-5-7-9-11-13-15-17-19-21-23-25-27-29-31-33-34-35-36-37-38-39-40-41-42-43-44-45-47-49-51-53-55-57-59-61-63-65-67-69-71-73-78(81)83-76(74-79)75-82-77(80)72-70-68-66-64-62-60-58-56-54-52-50-48-46-32-30-28-26-24-22-20-18-16-14-12-10-8-6-4-2/h5,7,11,13,17,19,23,25,29,31,34-35,76,79H,3-4,6,8-10,12,14-16,18,20-22,24,26-28,30,32-33,36-75H2,1-2H3/b7-5-,13-11-,19-17-,25-23-,31-29-,35-34-. The number of hydrogen-bond acceptors (Lipinski definition) is 5. The van der Waals surface area contributed by atoms with Gasteiger partial charge in [0.1, 0.15) is 6.61 Å². The summed E-state index contributed by atoms with van der Waals surface area (Å²) in [5, 5.41) is 9.71. The number of esters is 2. The summed E-state index contributed by atoms with van der Waals surface area (Å²) in [5.41, 5.74) is 0. The molecule has 0 aromatic rings. The van der Waals surface area contributed by atoms with Crippen molar-refractivity contribution in [3.8, 4) is 0 Å². The van der Waals surface area contributed by atoms with E-state index >= 15 is 0 Å². The third-order valence-corrected chi connectivity index (χ3v) is 16.8. The quantitative estimate of drug-likeness (QED) is 0.0373. The molecule has 0 aliphatic heterocycles. The SMILES string of the molecule is CC/C=C\C/C=C\C/C=C\C/C=C\C/C=C\C/C=C\CCCCCCCCCCCCCCCCCCCCCCCCC(=O)OC(CO)COC(=O)CCCCCCCCCCCCCCCCCCCCCCCCCCCCCC. The van der Waals surface area contributed by atoms with E-state index in [0.717, 1.165) is 70.6 Å². The van der Waals surface area contributed by atoms with Gasteiger partial charge in [0.15, 0.2) is 6.10 Å². The second kappa shape index (κ2) is 73.6. The van der Waals surface area contributed by atoms with E-state index in [0.29, 0.717) is 12.8 Å². The van der Waals surface area contributed by atoms with Crippen molar-refractivity contribution < 1.29 is 24.2 Å². The third kappa shape index (κ3) is 71.7. The second-order valence-corrected chi connectivity index (χ2v) is 25.0. The Morgan fingerprint density at radius 2 is 0.518 bits per heavy atom. The number of unbranched alkanes of at least 4 members (excludes halogenated alkanes) is 49. The first-order chi connectivity index (χ1) is 41.1. The van der Waals surface area contributed by atoms with Gasteiger partial charge in [-0.3, -0.25) is 9.59 Å². The van der Waals surface area contributed by atoms with Crippen molar-refractivity contribution in [1.82, 2.24) is 0 Å². The molecule has 0 saturated carbocycles. The van der Waals surface area contributed by atoms with Gasteiger partial charge in [-0.05, 0) is 64.2 Å². The van der Waals surface area contributed by atoms with Crippen LogP contribution in [0.3, 0.4) is 0 Å². The summed E-state index contributed by atoms with van der Waals surface area (Å²) in [6, 6.07) is 0. The van der Waals surface area contributed by atoms with E-state index in [9.17, 15) is 14.7 Å². The smallest absolute Gasteiger partial charge is 0.306 e. The minimum absolute atomic E-state index is 0.0598. The molecular weight excluding hydrogens is 1020 g/mol. The Labute approximate surface area is 518 Å². The Morgan fingerprint density at radius 1 is 0.289 bits per heavy atom. The van der Waals surface area contributed by atoms with Crippen molar-refractivity contribution in [2.24, 2.45) is 0 Å². The molecule has 5 heteroatoms. The average Bonchev–Trinajstić information content (AvgIpc) is 3.49. The van der Waals surface area contributed by atoms with Crippen LogP contribution in [0.2, 0.25) is 0 Å². The first-order valence-electron chi connectivity index (χ1n) is 37.0. The summed E-state index contributed by atoms with van der Waals surface area (Å²) < 4.78 is 10.8. The lowest BCUT2D eigenvalue weighted by Gasteiger charge is -2.15. The molecule has 0 radical (unpaired) electrons. The molecule has 0 aliphatic carbocycles. The molecule has 0 aromatic heterocycles. The van der Waals surface area contributed by atoms with Crippen molar-refractivity contribution in [3.05, 3.63) is 72.9 Å². The lowest BCUT2D eigenvalue weighted by Crippen LogP contribution is -2.28. The van der Waals surface area contributed by atoms with Crippen LogP contribution in [0.25, 0.3) is 0 Å². The van der Waals surface area contributed by atoms with Gasteiger partial charge in [-0.15, -0.1) is 0 Å². The van der Waals surface area contributed by atoms with Crippen LogP contribution in [-0.4, -0.2) is 36.4 Å². The zero-order chi connectivity index (χ0) is 59.8. The van der Waals surface area contributed by atoms with Crippen molar-refractivity contribution in [3.63, 3.8) is 0 Å². The molecule has 0 amide bonds. The van der Waals surface area contributed by atoms with Crippen molar-refractivity contribution in [2.45, 2.75) is 399 Å². The summed E-state index contributed by atoms with van der Waals surface area (Å²) in [5.74, 6) is -0.566. The fourth-order valence-electron chi connectivity index (χ4n) is 11.3. The third-order valence-electron chi connectivity index (χ3n) is 16.8. The predicted octanol–water partition coefficient (Wildman–Crippen LogP) is 25.8. The summed E-state index contributed by atoms with van der Waals surface area (Å²) >= 11 is 0. The van der Waals surface area contributed by atoms with Gasteiger partial charge in [0.25, 0.3) is 0 Å². The van der Waals surface area contributed by atoms with Crippen LogP contribution in [0.5, 0.6) is 0 Å². The maximum Gasteiger partial charge on any atom is 0.306 e. The zero-order valence-corrected chi connectivity index (χ0v) is 55.7. The normalized spacial score (nSPS) is 12.6. The molecule has 0 aromatic carbocycles. The Kier molecular flexibility index (Phi) is 71.2. The molecule has 1 unspecified atom stereocenters. The maximum absolute atomic E-state index is 12.4. The average molecular weight is 1160 g/mol. The van der Waals surface area contributed by atoms with Gasteiger partial charge in [0, 0.05) is 12.8 Å². The number of carbonyl (C=O) groups is 2. The topological polar surface area (TPSA) is 72.8 Å². The lowest BCUT2D eigenvalue weighted by atomic mass is 10.0. The molecule has 0 bridgehead atoms. The van der Waals surface area contributed by atoms with E-state index in [4.69, 9.17) is 9.47 Å². The molecule has 83 heavy (non-hydrogen) atoms. The summed E-state index contributed by atoms with van der Waals surface area (Å²) in [6.45, 7) is 4.09. The Morgan fingerprint density at radius 3 is 0.783 bits per heavy atom. The number of rotatable bonds is 69. The Balaban J connectivity index is 3.39. The van der Waals surface area contributed by atoms with Gasteiger partial charge >= 0.3 is 11.9 Å². The minimum Gasteiger partial charge on any atom is -0.462 e. The summed E-state index contributed by atoms with van der Waals surface area (Å²) in [4.78, 5) is 24.7. The molecule has 0 aliphatic rings. The molecule has 0 spiro atoms. The largest absolute Gasteiger partial charge is 0.462 e. The molecule has 1 atom stereocenters. The van der Waals surface area contributed by atoms with Crippen molar-refractivity contribution >= 4 is 11.9 Å². The van der Waals surface area contributed by atoms with Crippen LogP contribution in [0.15, 0.2) is 72.9 Å². The van der Waals surface area contributed by atoms with Crippen LogP contribution in [0.1, 0.15) is 393 Å². The predicted molar refractivity (Wildman–Crippen MR) is 367 cm³/mol. The van der Waals surface area contributed by atoms with Gasteiger partial charge in [-0.25, -0.2) is 0 Å². The highest BCUT2D eigenvalue weighted by Gasteiger charge is 2.16. The minimum atomic E-state index is -0.771. The fraction of sp³-hybridized carbons (Fsp3) is 0.821.